The van der Waals surface area contributed by atoms with E-state index in [-0.39, 0.29) is 10.6 Å². The molecule has 0 saturated carbocycles. The Morgan fingerprint density at radius 2 is 1.94 bits per heavy atom. The normalized spacial score (nSPS) is 12.4. The van der Waals surface area contributed by atoms with Crippen LogP contribution in [0, 0.1) is 5.82 Å². The maximum absolute atomic E-state index is 13.0. The summed E-state index contributed by atoms with van der Waals surface area (Å²) in [7, 11) is 0. The van der Waals surface area contributed by atoms with Crippen LogP contribution in [0.25, 0.3) is 0 Å². The van der Waals surface area contributed by atoms with Crippen LogP contribution in [0.3, 0.4) is 0 Å². The second-order valence-electron chi connectivity index (χ2n) is 3.58. The number of pyridine rings is 1. The molecule has 1 nitrogen and oxygen atoms in total. The molecule has 16 heavy (non-hydrogen) atoms. The molecule has 0 aliphatic rings. The van der Waals surface area contributed by atoms with Gasteiger partial charge in [-0.25, -0.2) is 4.39 Å². The van der Waals surface area contributed by atoms with E-state index in [2.05, 4.69) is 20.9 Å². The quantitative estimate of drug-likeness (QED) is 0.777. The van der Waals surface area contributed by atoms with Crippen molar-refractivity contribution in [3.8, 4) is 0 Å². The number of hydrogen-bond acceptors (Lipinski definition) is 1. The summed E-state index contributed by atoms with van der Waals surface area (Å²) in [6, 6.07) is 10.6. The van der Waals surface area contributed by atoms with Gasteiger partial charge in [0.1, 0.15) is 5.82 Å². The Hall–Kier alpha value is -1.22. The van der Waals surface area contributed by atoms with Crippen molar-refractivity contribution in [1.82, 2.24) is 4.98 Å². The van der Waals surface area contributed by atoms with E-state index >= 15 is 0 Å². The average molecular weight is 280 g/mol. The maximum atomic E-state index is 13.0. The molecule has 1 heterocycles. The van der Waals surface area contributed by atoms with Crippen LogP contribution in [-0.2, 0) is 6.42 Å². The van der Waals surface area contributed by atoms with Crippen LogP contribution in [-0.4, -0.2) is 4.98 Å². The van der Waals surface area contributed by atoms with Gasteiger partial charge in [0, 0.05) is 17.2 Å². The molecule has 0 N–H and O–H groups in total. The van der Waals surface area contributed by atoms with Crippen LogP contribution >= 0.6 is 15.9 Å². The molecular weight excluding hydrogens is 269 g/mol. The first-order chi connectivity index (χ1) is 7.75. The van der Waals surface area contributed by atoms with Crippen molar-refractivity contribution in [2.75, 3.05) is 0 Å². The lowest BCUT2D eigenvalue weighted by atomic mass is 10.1. The average Bonchev–Trinajstić information content (AvgIpc) is 2.30. The number of halogens is 2. The van der Waals surface area contributed by atoms with Crippen LogP contribution in [0.4, 0.5) is 4.39 Å². The lowest BCUT2D eigenvalue weighted by molar-refractivity contribution is 0.625. The Bertz CT molecular complexity index is 458. The summed E-state index contributed by atoms with van der Waals surface area (Å²) >= 11 is 3.57. The van der Waals surface area contributed by atoms with E-state index in [9.17, 15) is 4.39 Å². The van der Waals surface area contributed by atoms with Gasteiger partial charge in [-0.15, -0.1) is 0 Å². The molecule has 0 aliphatic carbocycles. The van der Waals surface area contributed by atoms with Crippen molar-refractivity contribution in [2.45, 2.75) is 11.2 Å². The summed E-state index contributed by atoms with van der Waals surface area (Å²) in [4.78, 5) is 4.09. The van der Waals surface area contributed by atoms with Gasteiger partial charge >= 0.3 is 0 Å². The van der Waals surface area contributed by atoms with Gasteiger partial charge in [0.05, 0.1) is 0 Å². The second-order valence-corrected chi connectivity index (χ2v) is 4.69. The molecule has 1 unspecified atom stereocenters. The van der Waals surface area contributed by atoms with E-state index in [1.54, 1.807) is 24.5 Å². The van der Waals surface area contributed by atoms with Gasteiger partial charge in [0.2, 0.25) is 0 Å². The van der Waals surface area contributed by atoms with Gasteiger partial charge < -0.3 is 0 Å². The molecule has 3 heteroatoms. The Morgan fingerprint density at radius 3 is 2.62 bits per heavy atom. The predicted octanol–water partition coefficient (Wildman–Crippen LogP) is 3.90. The van der Waals surface area contributed by atoms with Crippen molar-refractivity contribution in [3.63, 3.8) is 0 Å². The highest BCUT2D eigenvalue weighted by molar-refractivity contribution is 9.09. The molecule has 2 aromatic rings. The summed E-state index contributed by atoms with van der Waals surface area (Å²) in [5.41, 5.74) is 2.14. The summed E-state index contributed by atoms with van der Waals surface area (Å²) in [6.45, 7) is 0. The Balaban J connectivity index is 2.12. The summed E-state index contributed by atoms with van der Waals surface area (Å²) in [5.74, 6) is -0.198. The molecule has 0 radical (unpaired) electrons. The fourth-order valence-corrected chi connectivity index (χ4v) is 2.20. The standard InChI is InChI=1S/C13H11BrFN/c14-13(8-10-4-6-16-7-5-10)11-2-1-3-12(15)9-11/h1-7,9,13H,8H2. The van der Waals surface area contributed by atoms with Gasteiger partial charge in [-0.05, 0) is 41.8 Å². The number of hydrogen-bond donors (Lipinski definition) is 0. The lowest BCUT2D eigenvalue weighted by Crippen LogP contribution is -1.96. The Kier molecular flexibility index (Phi) is 3.67. The van der Waals surface area contributed by atoms with Gasteiger partial charge in [0.25, 0.3) is 0 Å². The van der Waals surface area contributed by atoms with E-state index in [4.69, 9.17) is 0 Å². The highest BCUT2D eigenvalue weighted by Crippen LogP contribution is 2.27. The first kappa shape index (κ1) is 11.3. The maximum Gasteiger partial charge on any atom is 0.123 e. The molecule has 1 atom stereocenters. The first-order valence-corrected chi connectivity index (χ1v) is 5.96. The summed E-state index contributed by atoms with van der Waals surface area (Å²) < 4.78 is 13.0. The number of aromatic nitrogens is 1. The van der Waals surface area contributed by atoms with Crippen LogP contribution in [0.1, 0.15) is 16.0 Å². The third-order valence-electron chi connectivity index (χ3n) is 2.37. The minimum atomic E-state index is -0.198. The predicted molar refractivity (Wildman–Crippen MR) is 66.0 cm³/mol. The van der Waals surface area contributed by atoms with E-state index < -0.39 is 0 Å². The third kappa shape index (κ3) is 2.89. The molecular formula is C13H11BrFN. The summed E-state index contributed by atoms with van der Waals surface area (Å²) in [6.07, 6.45) is 4.35. The second kappa shape index (κ2) is 5.21. The van der Waals surface area contributed by atoms with Crippen molar-refractivity contribution in [1.29, 1.82) is 0 Å². The molecule has 0 amide bonds. The largest absolute Gasteiger partial charge is 0.265 e. The van der Waals surface area contributed by atoms with Crippen molar-refractivity contribution < 1.29 is 4.39 Å². The molecule has 82 valence electrons. The molecule has 2 rings (SSSR count). The molecule has 0 aliphatic heterocycles. The minimum absolute atomic E-state index is 0.130. The monoisotopic (exact) mass is 279 g/mol. The van der Waals surface area contributed by atoms with Gasteiger partial charge in [0.15, 0.2) is 0 Å². The molecule has 0 spiro atoms. The molecule has 0 fully saturated rings. The van der Waals surface area contributed by atoms with E-state index in [0.29, 0.717) is 0 Å². The topological polar surface area (TPSA) is 12.9 Å². The highest BCUT2D eigenvalue weighted by atomic mass is 79.9. The summed E-state index contributed by atoms with van der Waals surface area (Å²) in [5, 5.41) is 0. The van der Waals surface area contributed by atoms with Gasteiger partial charge in [-0.2, -0.15) is 0 Å². The SMILES string of the molecule is Fc1cccc(C(Br)Cc2ccncc2)c1. The number of alkyl halides is 1. The zero-order valence-electron chi connectivity index (χ0n) is 8.61. The van der Waals surface area contributed by atoms with Crippen molar-refractivity contribution >= 4 is 15.9 Å². The zero-order valence-corrected chi connectivity index (χ0v) is 10.2. The lowest BCUT2D eigenvalue weighted by Gasteiger charge is -2.10. The number of benzene rings is 1. The Morgan fingerprint density at radius 1 is 1.19 bits per heavy atom. The number of rotatable bonds is 3. The highest BCUT2D eigenvalue weighted by Gasteiger charge is 2.08. The van der Waals surface area contributed by atoms with Crippen molar-refractivity contribution in [3.05, 3.63) is 65.7 Å². The fraction of sp³-hybridized carbons (Fsp3) is 0.154. The van der Waals surface area contributed by atoms with Crippen molar-refractivity contribution in [2.24, 2.45) is 0 Å². The van der Waals surface area contributed by atoms with Gasteiger partial charge in [-0.3, -0.25) is 4.98 Å². The Labute approximate surface area is 102 Å². The molecule has 1 aromatic carbocycles. The smallest absolute Gasteiger partial charge is 0.123 e. The zero-order chi connectivity index (χ0) is 11.4. The van der Waals surface area contributed by atoms with Gasteiger partial charge in [-0.1, -0.05) is 28.1 Å². The van der Waals surface area contributed by atoms with Crippen LogP contribution in [0.5, 0.6) is 0 Å². The van der Waals surface area contributed by atoms with E-state index in [1.807, 2.05) is 18.2 Å². The van der Waals surface area contributed by atoms with Crippen LogP contribution in [0.15, 0.2) is 48.8 Å². The fourth-order valence-electron chi connectivity index (χ4n) is 1.55. The minimum Gasteiger partial charge on any atom is -0.265 e. The van der Waals surface area contributed by atoms with E-state index in [0.717, 1.165) is 12.0 Å². The number of nitrogens with zero attached hydrogens (tertiary/aromatic N) is 1. The molecule has 0 bridgehead atoms. The van der Waals surface area contributed by atoms with E-state index in [1.165, 1.54) is 11.6 Å². The molecule has 1 aromatic heterocycles. The third-order valence-corrected chi connectivity index (χ3v) is 3.23. The van der Waals surface area contributed by atoms with Crippen LogP contribution in [0.2, 0.25) is 0 Å². The molecule has 0 saturated heterocycles. The first-order valence-electron chi connectivity index (χ1n) is 5.04. The van der Waals surface area contributed by atoms with Crippen LogP contribution < -0.4 is 0 Å².